The molecular weight excluding hydrogens is 340 g/mol. The zero-order valence-electron chi connectivity index (χ0n) is 13.1. The Hall–Kier alpha value is -2.97. The molecule has 0 saturated carbocycles. The van der Waals surface area contributed by atoms with Crippen LogP contribution in [-0.2, 0) is 14.8 Å². The summed E-state index contributed by atoms with van der Waals surface area (Å²) in [5, 5.41) is 4.84. The summed E-state index contributed by atoms with van der Waals surface area (Å²) in [7, 11) is -3.72. The molecule has 2 aromatic carbocycles. The molecule has 3 aromatic rings. The van der Waals surface area contributed by atoms with Crippen molar-refractivity contribution in [2.75, 3.05) is 6.54 Å². The van der Waals surface area contributed by atoms with E-state index in [9.17, 15) is 13.2 Å². The Morgan fingerprint density at radius 2 is 1.80 bits per heavy atom. The number of hydrogen-bond donors (Lipinski definition) is 3. The van der Waals surface area contributed by atoms with Gasteiger partial charge < -0.3 is 4.98 Å². The molecule has 0 aliphatic heterocycles. The molecule has 128 valence electrons. The Labute approximate surface area is 144 Å². The van der Waals surface area contributed by atoms with Gasteiger partial charge in [0.15, 0.2) is 0 Å². The summed E-state index contributed by atoms with van der Waals surface area (Å²) >= 11 is 0. The van der Waals surface area contributed by atoms with Crippen molar-refractivity contribution in [3.8, 4) is 0 Å². The van der Waals surface area contributed by atoms with Crippen molar-refractivity contribution in [3.05, 3.63) is 66.4 Å². The topological polar surface area (TPSA) is 103 Å². The summed E-state index contributed by atoms with van der Waals surface area (Å²) in [5.41, 5.74) is 4.08. The number of fused-ring (bicyclic) bond motifs is 1. The lowest BCUT2D eigenvalue weighted by atomic mass is 10.2. The second kappa shape index (κ2) is 7.29. The minimum Gasteiger partial charge on any atom is -0.361 e. The summed E-state index contributed by atoms with van der Waals surface area (Å²) in [4.78, 5) is 14.9. The molecule has 3 N–H and O–H groups in total. The predicted molar refractivity (Wildman–Crippen MR) is 95.7 cm³/mol. The monoisotopic (exact) mass is 356 g/mol. The number of carbonyl (C=O) groups is 1. The second-order valence-corrected chi connectivity index (χ2v) is 6.99. The van der Waals surface area contributed by atoms with Crippen molar-refractivity contribution in [3.63, 3.8) is 0 Å². The molecule has 1 aromatic heterocycles. The lowest BCUT2D eigenvalue weighted by molar-refractivity contribution is -0.119. The first kappa shape index (κ1) is 16.9. The maximum absolute atomic E-state index is 12.0. The minimum atomic E-state index is -3.72. The first-order valence-electron chi connectivity index (χ1n) is 7.49. The smallest absolute Gasteiger partial charge is 0.255 e. The SMILES string of the molecule is O=C(CNS(=O)(=O)c1ccccc1)NN=Cc1c[nH]c2ccccc12. The average Bonchev–Trinajstić information content (AvgIpc) is 3.04. The molecular formula is C17H16N4O3S. The van der Waals surface area contributed by atoms with E-state index in [1.165, 1.54) is 18.3 Å². The van der Waals surface area contributed by atoms with Gasteiger partial charge in [-0.1, -0.05) is 36.4 Å². The molecule has 0 unspecified atom stereocenters. The van der Waals surface area contributed by atoms with Crippen LogP contribution < -0.4 is 10.1 Å². The Bertz CT molecular complexity index is 1010. The number of hydrazone groups is 1. The van der Waals surface area contributed by atoms with Crippen LogP contribution in [0.5, 0.6) is 0 Å². The van der Waals surface area contributed by atoms with Crippen molar-refractivity contribution in [2.45, 2.75) is 4.90 Å². The number of nitrogens with zero attached hydrogens (tertiary/aromatic N) is 1. The number of amides is 1. The van der Waals surface area contributed by atoms with Crippen LogP contribution in [0.4, 0.5) is 0 Å². The summed E-state index contributed by atoms with van der Waals surface area (Å²) in [6.07, 6.45) is 3.28. The summed E-state index contributed by atoms with van der Waals surface area (Å²) in [6, 6.07) is 15.5. The fourth-order valence-corrected chi connectivity index (χ4v) is 3.26. The third kappa shape index (κ3) is 4.11. The number of nitrogens with one attached hydrogen (secondary N) is 3. The van der Waals surface area contributed by atoms with Crippen molar-refractivity contribution in [1.82, 2.24) is 15.1 Å². The highest BCUT2D eigenvalue weighted by Gasteiger charge is 2.14. The van der Waals surface area contributed by atoms with Crippen LogP contribution in [-0.4, -0.2) is 32.1 Å². The first-order valence-corrected chi connectivity index (χ1v) is 8.97. The van der Waals surface area contributed by atoms with Gasteiger partial charge in [0.25, 0.3) is 5.91 Å². The van der Waals surface area contributed by atoms with Crippen molar-refractivity contribution < 1.29 is 13.2 Å². The molecule has 25 heavy (non-hydrogen) atoms. The number of rotatable bonds is 6. The largest absolute Gasteiger partial charge is 0.361 e. The summed E-state index contributed by atoms with van der Waals surface area (Å²) in [6.45, 7) is -0.400. The van der Waals surface area contributed by atoms with Gasteiger partial charge in [0.05, 0.1) is 17.7 Å². The number of sulfonamides is 1. The van der Waals surface area contributed by atoms with Gasteiger partial charge in [-0.25, -0.2) is 18.6 Å². The Morgan fingerprint density at radius 3 is 2.60 bits per heavy atom. The fraction of sp³-hybridized carbons (Fsp3) is 0.0588. The van der Waals surface area contributed by atoms with Gasteiger partial charge in [0.2, 0.25) is 10.0 Å². The van der Waals surface area contributed by atoms with Gasteiger partial charge in [-0.2, -0.15) is 5.10 Å². The quantitative estimate of drug-likeness (QED) is 0.461. The van der Waals surface area contributed by atoms with Gasteiger partial charge in [0, 0.05) is 22.7 Å². The molecule has 0 fully saturated rings. The van der Waals surface area contributed by atoms with E-state index in [1.807, 2.05) is 24.3 Å². The highest BCUT2D eigenvalue weighted by Crippen LogP contribution is 2.15. The lowest BCUT2D eigenvalue weighted by Gasteiger charge is -2.05. The Kier molecular flexibility index (Phi) is 4.92. The van der Waals surface area contributed by atoms with Crippen LogP contribution in [0.15, 0.2) is 70.8 Å². The highest BCUT2D eigenvalue weighted by atomic mass is 32.2. The van der Waals surface area contributed by atoms with Gasteiger partial charge >= 0.3 is 0 Å². The van der Waals surface area contributed by atoms with Crippen LogP contribution in [0.2, 0.25) is 0 Å². The number of benzene rings is 2. The minimum absolute atomic E-state index is 0.102. The summed E-state index contributed by atoms with van der Waals surface area (Å²) in [5.74, 6) is -0.560. The normalized spacial score (nSPS) is 11.8. The molecule has 1 heterocycles. The van der Waals surface area contributed by atoms with E-state index < -0.39 is 22.5 Å². The molecule has 8 heteroatoms. The number of hydrogen-bond acceptors (Lipinski definition) is 4. The van der Waals surface area contributed by atoms with Crippen molar-refractivity contribution >= 4 is 33.0 Å². The third-order valence-electron chi connectivity index (χ3n) is 3.49. The van der Waals surface area contributed by atoms with E-state index >= 15 is 0 Å². The maximum Gasteiger partial charge on any atom is 0.255 e. The van der Waals surface area contributed by atoms with Crippen molar-refractivity contribution in [2.24, 2.45) is 5.10 Å². The van der Waals surface area contributed by atoms with E-state index in [0.717, 1.165) is 16.5 Å². The molecule has 3 rings (SSSR count). The molecule has 0 atom stereocenters. The van der Waals surface area contributed by atoms with Crippen LogP contribution in [0, 0.1) is 0 Å². The molecule has 0 aliphatic carbocycles. The van der Waals surface area contributed by atoms with Gasteiger partial charge in [0.1, 0.15) is 0 Å². The van der Waals surface area contributed by atoms with E-state index in [-0.39, 0.29) is 4.90 Å². The van der Waals surface area contributed by atoms with Gasteiger partial charge in [-0.15, -0.1) is 0 Å². The van der Waals surface area contributed by atoms with Crippen LogP contribution in [0.25, 0.3) is 10.9 Å². The van der Waals surface area contributed by atoms with E-state index in [2.05, 4.69) is 20.2 Å². The molecule has 1 amide bonds. The number of aromatic nitrogens is 1. The van der Waals surface area contributed by atoms with Crippen LogP contribution in [0.3, 0.4) is 0 Å². The molecule has 0 bridgehead atoms. The number of H-pyrrole nitrogens is 1. The number of carbonyl (C=O) groups excluding carboxylic acids is 1. The fourth-order valence-electron chi connectivity index (χ4n) is 2.26. The van der Waals surface area contributed by atoms with E-state index in [4.69, 9.17) is 0 Å². The zero-order chi connectivity index (χ0) is 17.7. The molecule has 0 spiro atoms. The van der Waals surface area contributed by atoms with Crippen molar-refractivity contribution in [1.29, 1.82) is 0 Å². The standard InChI is InChI=1S/C17H16N4O3S/c22-17(12-20-25(23,24)14-6-2-1-3-7-14)21-19-11-13-10-18-16-9-5-4-8-15(13)16/h1-11,18,20H,12H2,(H,21,22). The molecule has 0 saturated heterocycles. The average molecular weight is 356 g/mol. The molecule has 7 nitrogen and oxygen atoms in total. The lowest BCUT2D eigenvalue weighted by Crippen LogP contribution is -2.34. The number of para-hydroxylation sites is 1. The van der Waals surface area contributed by atoms with Crippen LogP contribution in [0.1, 0.15) is 5.56 Å². The molecule has 0 radical (unpaired) electrons. The maximum atomic E-state index is 12.0. The predicted octanol–water partition coefficient (Wildman–Crippen LogP) is 1.60. The van der Waals surface area contributed by atoms with E-state index in [1.54, 1.807) is 24.4 Å². The zero-order valence-corrected chi connectivity index (χ0v) is 14.0. The first-order chi connectivity index (χ1) is 12.1. The molecule has 0 aliphatic rings. The summed E-state index contributed by atoms with van der Waals surface area (Å²) < 4.78 is 26.2. The highest BCUT2D eigenvalue weighted by molar-refractivity contribution is 7.89. The van der Waals surface area contributed by atoms with Crippen LogP contribution >= 0.6 is 0 Å². The number of aromatic amines is 1. The Balaban J connectivity index is 1.56. The second-order valence-electron chi connectivity index (χ2n) is 5.22. The third-order valence-corrected chi connectivity index (χ3v) is 4.91. The van der Waals surface area contributed by atoms with E-state index in [0.29, 0.717) is 0 Å². The Morgan fingerprint density at radius 1 is 1.08 bits per heavy atom. The van der Waals surface area contributed by atoms with Gasteiger partial charge in [-0.05, 0) is 18.2 Å². The van der Waals surface area contributed by atoms with Gasteiger partial charge in [-0.3, -0.25) is 4.79 Å².